The Balaban J connectivity index is 1.52. The van der Waals surface area contributed by atoms with Gasteiger partial charge >= 0.3 is 0 Å². The van der Waals surface area contributed by atoms with E-state index >= 15 is 0 Å². The van der Waals surface area contributed by atoms with Crippen molar-refractivity contribution in [3.8, 4) is 0 Å². The highest BCUT2D eigenvalue weighted by Crippen LogP contribution is 2.34. The highest BCUT2D eigenvalue weighted by atomic mass is 15.2. The number of H-pyrrole nitrogens is 1. The summed E-state index contributed by atoms with van der Waals surface area (Å²) < 4.78 is 2.31. The number of fused-ring (bicyclic) bond motifs is 2. The topological polar surface area (TPSA) is 49.7 Å². The Hall–Kier alpha value is -2.92. The van der Waals surface area contributed by atoms with Gasteiger partial charge in [0.2, 0.25) is 0 Å². The summed E-state index contributed by atoms with van der Waals surface area (Å²) in [6.45, 7) is 5.08. The van der Waals surface area contributed by atoms with Crippen LogP contribution in [0.15, 0.2) is 61.3 Å². The fraction of sp³-hybridized carbons (Fsp3) is 0.273. The summed E-state index contributed by atoms with van der Waals surface area (Å²) in [6.07, 6.45) is 8.78. The summed E-state index contributed by atoms with van der Waals surface area (Å²) in [5.41, 5.74) is 6.22. The number of aromatic amines is 1. The van der Waals surface area contributed by atoms with Gasteiger partial charge in [-0.25, -0.2) is 4.98 Å². The molecule has 5 heteroatoms. The third-order valence-corrected chi connectivity index (χ3v) is 5.59. The van der Waals surface area contributed by atoms with Crippen molar-refractivity contribution >= 4 is 10.9 Å². The van der Waals surface area contributed by atoms with E-state index in [4.69, 9.17) is 0 Å². The van der Waals surface area contributed by atoms with E-state index in [2.05, 4.69) is 67.9 Å². The van der Waals surface area contributed by atoms with E-state index in [1.807, 2.05) is 24.8 Å². The van der Waals surface area contributed by atoms with Crippen molar-refractivity contribution in [1.29, 1.82) is 0 Å². The molecule has 4 heterocycles. The van der Waals surface area contributed by atoms with Crippen LogP contribution in [0.1, 0.15) is 35.5 Å². The molecule has 1 aliphatic rings. The summed E-state index contributed by atoms with van der Waals surface area (Å²) in [7, 11) is 0. The lowest BCUT2D eigenvalue weighted by Crippen LogP contribution is -2.35. The summed E-state index contributed by atoms with van der Waals surface area (Å²) in [4.78, 5) is 14.8. The first-order valence-corrected chi connectivity index (χ1v) is 9.57. The molecule has 0 spiro atoms. The van der Waals surface area contributed by atoms with Gasteiger partial charge in [0.05, 0.1) is 18.1 Å². The van der Waals surface area contributed by atoms with Gasteiger partial charge in [0, 0.05) is 55.9 Å². The molecule has 0 fully saturated rings. The minimum atomic E-state index is 0.141. The van der Waals surface area contributed by atoms with Gasteiger partial charge in [-0.05, 0) is 41.6 Å². The summed E-state index contributed by atoms with van der Waals surface area (Å²) in [6, 6.07) is 13.3. The number of imidazole rings is 1. The van der Waals surface area contributed by atoms with E-state index in [0.29, 0.717) is 0 Å². The maximum absolute atomic E-state index is 4.65. The van der Waals surface area contributed by atoms with Crippen LogP contribution in [-0.4, -0.2) is 31.0 Å². The Morgan fingerprint density at radius 3 is 3.04 bits per heavy atom. The molecule has 0 aliphatic carbocycles. The number of benzene rings is 1. The highest BCUT2D eigenvalue weighted by molar-refractivity contribution is 5.80. The summed E-state index contributed by atoms with van der Waals surface area (Å²) in [5, 5.41) is 1.30. The molecule has 0 radical (unpaired) electrons. The summed E-state index contributed by atoms with van der Waals surface area (Å²) >= 11 is 0. The van der Waals surface area contributed by atoms with Crippen molar-refractivity contribution in [2.24, 2.45) is 0 Å². The molecule has 0 saturated carbocycles. The van der Waals surface area contributed by atoms with Crippen LogP contribution in [0.5, 0.6) is 0 Å². The number of aromatic nitrogens is 4. The average molecular weight is 357 g/mol. The molecule has 1 atom stereocenters. The van der Waals surface area contributed by atoms with E-state index in [0.717, 1.165) is 31.7 Å². The zero-order valence-corrected chi connectivity index (χ0v) is 15.5. The van der Waals surface area contributed by atoms with Crippen molar-refractivity contribution < 1.29 is 0 Å². The molecule has 1 unspecified atom stereocenters. The second kappa shape index (κ2) is 6.67. The van der Waals surface area contributed by atoms with E-state index in [1.165, 1.54) is 27.7 Å². The minimum Gasteiger partial charge on any atom is -0.348 e. The van der Waals surface area contributed by atoms with Gasteiger partial charge < -0.3 is 9.55 Å². The van der Waals surface area contributed by atoms with E-state index in [-0.39, 0.29) is 6.04 Å². The number of pyridine rings is 1. The molecule has 0 amide bonds. The number of hydrogen-bond donors (Lipinski definition) is 1. The monoisotopic (exact) mass is 357 g/mol. The second-order valence-electron chi connectivity index (χ2n) is 7.17. The van der Waals surface area contributed by atoms with Gasteiger partial charge in [0.15, 0.2) is 0 Å². The molecule has 136 valence electrons. The molecule has 5 rings (SSSR count). The SMILES string of the molecule is CCn1ccc2ccc(CN3CCc4[nH]cnc4C3c3cccnc3)cc21. The first-order valence-electron chi connectivity index (χ1n) is 9.57. The standard InChI is InChI=1S/C22H23N5/c1-2-26-10-7-17-6-5-16(12-20(17)26)14-27-11-8-19-21(25-15-24-19)22(27)18-4-3-9-23-13-18/h3-7,9-10,12-13,15,22H,2,8,11,14H2,1H3,(H,24,25). The van der Waals surface area contributed by atoms with E-state index in [1.54, 1.807) is 0 Å². The van der Waals surface area contributed by atoms with E-state index < -0.39 is 0 Å². The number of nitrogens with one attached hydrogen (secondary N) is 1. The maximum atomic E-state index is 4.65. The van der Waals surface area contributed by atoms with Crippen LogP contribution in [-0.2, 0) is 19.5 Å². The smallest absolute Gasteiger partial charge is 0.0926 e. The number of hydrogen-bond acceptors (Lipinski definition) is 3. The first-order chi connectivity index (χ1) is 13.3. The van der Waals surface area contributed by atoms with Crippen LogP contribution >= 0.6 is 0 Å². The Bertz CT molecular complexity index is 1060. The van der Waals surface area contributed by atoms with Crippen molar-refractivity contribution in [1.82, 2.24) is 24.4 Å². The molecular formula is C22H23N5. The normalized spacial score (nSPS) is 17.3. The molecule has 3 aromatic heterocycles. The fourth-order valence-electron chi connectivity index (χ4n) is 4.24. The predicted octanol–water partition coefficient (Wildman–Crippen LogP) is 3.93. The van der Waals surface area contributed by atoms with Crippen molar-refractivity contribution in [2.75, 3.05) is 6.54 Å². The van der Waals surface area contributed by atoms with Gasteiger partial charge in [-0.3, -0.25) is 9.88 Å². The molecule has 0 saturated heterocycles. The van der Waals surface area contributed by atoms with E-state index in [9.17, 15) is 0 Å². The molecule has 1 aromatic carbocycles. The maximum Gasteiger partial charge on any atom is 0.0926 e. The number of rotatable bonds is 4. The third-order valence-electron chi connectivity index (χ3n) is 5.59. The molecule has 1 aliphatic heterocycles. The zero-order valence-electron chi connectivity index (χ0n) is 15.5. The fourth-order valence-corrected chi connectivity index (χ4v) is 4.24. The molecular weight excluding hydrogens is 334 g/mol. The van der Waals surface area contributed by atoms with Gasteiger partial charge in [0.1, 0.15) is 0 Å². The van der Waals surface area contributed by atoms with Crippen LogP contribution in [0, 0.1) is 0 Å². The minimum absolute atomic E-state index is 0.141. The molecule has 0 bridgehead atoms. The number of nitrogens with zero attached hydrogens (tertiary/aromatic N) is 4. The lowest BCUT2D eigenvalue weighted by atomic mass is 9.96. The second-order valence-corrected chi connectivity index (χ2v) is 7.17. The van der Waals surface area contributed by atoms with Crippen molar-refractivity contribution in [3.05, 3.63) is 83.8 Å². The van der Waals surface area contributed by atoms with Crippen LogP contribution in [0.25, 0.3) is 10.9 Å². The quantitative estimate of drug-likeness (QED) is 0.602. The Kier molecular flexibility index (Phi) is 4.02. The predicted molar refractivity (Wildman–Crippen MR) is 106 cm³/mol. The van der Waals surface area contributed by atoms with Gasteiger partial charge in [-0.15, -0.1) is 0 Å². The van der Waals surface area contributed by atoms with Gasteiger partial charge in [0.25, 0.3) is 0 Å². The average Bonchev–Trinajstić information content (AvgIpc) is 3.34. The molecule has 1 N–H and O–H groups in total. The Morgan fingerprint density at radius 1 is 1.22 bits per heavy atom. The lowest BCUT2D eigenvalue weighted by Gasteiger charge is -2.35. The Morgan fingerprint density at radius 2 is 2.19 bits per heavy atom. The summed E-state index contributed by atoms with van der Waals surface area (Å²) in [5.74, 6) is 0. The molecule has 27 heavy (non-hydrogen) atoms. The Labute approximate surface area is 158 Å². The van der Waals surface area contributed by atoms with Crippen LogP contribution in [0.2, 0.25) is 0 Å². The van der Waals surface area contributed by atoms with Gasteiger partial charge in [-0.1, -0.05) is 18.2 Å². The van der Waals surface area contributed by atoms with Crippen LogP contribution in [0.3, 0.4) is 0 Å². The largest absolute Gasteiger partial charge is 0.348 e. The van der Waals surface area contributed by atoms with Gasteiger partial charge in [-0.2, -0.15) is 0 Å². The molecule has 5 nitrogen and oxygen atoms in total. The van der Waals surface area contributed by atoms with Crippen molar-refractivity contribution in [2.45, 2.75) is 32.5 Å². The van der Waals surface area contributed by atoms with Crippen LogP contribution < -0.4 is 0 Å². The zero-order chi connectivity index (χ0) is 18.2. The number of aryl methyl sites for hydroxylation is 1. The molecule has 4 aromatic rings. The lowest BCUT2D eigenvalue weighted by molar-refractivity contribution is 0.200. The third kappa shape index (κ3) is 2.84. The van der Waals surface area contributed by atoms with Crippen molar-refractivity contribution in [3.63, 3.8) is 0 Å². The van der Waals surface area contributed by atoms with Crippen LogP contribution in [0.4, 0.5) is 0 Å². The first kappa shape index (κ1) is 16.3. The highest BCUT2D eigenvalue weighted by Gasteiger charge is 2.31.